The van der Waals surface area contributed by atoms with Gasteiger partial charge in [-0.15, -0.1) is 0 Å². The number of ether oxygens (including phenoxy) is 2. The van der Waals surface area contributed by atoms with Crippen molar-refractivity contribution in [1.82, 2.24) is 0 Å². The highest BCUT2D eigenvalue weighted by atomic mass is 16.7. The second kappa shape index (κ2) is 6.22. The van der Waals surface area contributed by atoms with Crippen LogP contribution in [-0.2, 0) is 9.47 Å². The number of hydrogen-bond acceptors (Lipinski definition) is 2. The van der Waals surface area contributed by atoms with Gasteiger partial charge in [-0.1, -0.05) is 45.9 Å². The lowest BCUT2D eigenvalue weighted by atomic mass is 9.47. The fourth-order valence-corrected chi connectivity index (χ4v) is 9.32. The molecule has 0 unspecified atom stereocenters. The molecule has 2 heteroatoms. The minimum Gasteiger partial charge on any atom is -0.349 e. The smallest absolute Gasteiger partial charge is 0.171 e. The Morgan fingerprint density at radius 1 is 1.03 bits per heavy atom. The molecule has 0 radical (unpaired) electrons. The minimum absolute atomic E-state index is 0.271. The van der Waals surface area contributed by atoms with Crippen LogP contribution in [0.25, 0.3) is 0 Å². The van der Waals surface area contributed by atoms with E-state index in [2.05, 4.69) is 45.9 Å². The summed E-state index contributed by atoms with van der Waals surface area (Å²) in [5, 5.41) is 0. The van der Waals surface area contributed by atoms with Gasteiger partial charge in [0, 0.05) is 12.3 Å². The van der Waals surface area contributed by atoms with E-state index >= 15 is 0 Å². The Morgan fingerprint density at radius 3 is 2.69 bits per heavy atom. The molecule has 0 aromatic rings. The van der Waals surface area contributed by atoms with E-state index in [1.54, 1.807) is 5.57 Å². The first kappa shape index (κ1) is 19.1. The second-order valence-electron chi connectivity index (χ2n) is 12.1. The SMILES string of the molecule is C[C@H]1CC[C@]2(OC1)O[C@@H]1C[C@H]3[C@H]4CC=C5C=CCC[C@]5(C)[C@H]4CC[C@@]3(C)[C@@H]1[C@H]2C. The van der Waals surface area contributed by atoms with Crippen molar-refractivity contribution >= 4 is 0 Å². The summed E-state index contributed by atoms with van der Waals surface area (Å²) >= 11 is 0. The van der Waals surface area contributed by atoms with Crippen LogP contribution in [0, 0.1) is 46.3 Å². The molecule has 1 spiro atoms. The Bertz CT molecular complexity index is 744. The number of fused-ring (bicyclic) bond motifs is 7. The lowest BCUT2D eigenvalue weighted by Gasteiger charge is -2.57. The molecule has 0 amide bonds. The van der Waals surface area contributed by atoms with E-state index < -0.39 is 0 Å². The van der Waals surface area contributed by atoms with E-state index in [0.717, 1.165) is 30.8 Å². The van der Waals surface area contributed by atoms with Gasteiger partial charge in [0.05, 0.1) is 12.7 Å². The third-order valence-corrected chi connectivity index (χ3v) is 10.9. The average molecular weight is 397 g/mol. The zero-order chi connectivity index (χ0) is 20.0. The van der Waals surface area contributed by atoms with Gasteiger partial charge in [0.1, 0.15) is 0 Å². The van der Waals surface area contributed by atoms with Crippen LogP contribution in [0.1, 0.15) is 79.1 Å². The molecular weight excluding hydrogens is 356 g/mol. The van der Waals surface area contributed by atoms with Gasteiger partial charge in [-0.2, -0.15) is 0 Å². The fourth-order valence-electron chi connectivity index (χ4n) is 9.32. The van der Waals surface area contributed by atoms with Gasteiger partial charge in [-0.05, 0) is 90.9 Å². The molecule has 2 saturated heterocycles. The van der Waals surface area contributed by atoms with Crippen LogP contribution in [0.4, 0.5) is 0 Å². The number of rotatable bonds is 0. The highest BCUT2D eigenvalue weighted by Crippen LogP contribution is 2.70. The van der Waals surface area contributed by atoms with Crippen molar-refractivity contribution in [3.8, 4) is 0 Å². The average Bonchev–Trinajstić information content (AvgIpc) is 3.15. The lowest BCUT2D eigenvalue weighted by Crippen LogP contribution is -2.51. The predicted molar refractivity (Wildman–Crippen MR) is 116 cm³/mol. The first-order valence-electron chi connectivity index (χ1n) is 12.6. The normalized spacial score (nSPS) is 58.3. The summed E-state index contributed by atoms with van der Waals surface area (Å²) in [6, 6.07) is 0. The van der Waals surface area contributed by atoms with Crippen molar-refractivity contribution in [3.63, 3.8) is 0 Å². The van der Waals surface area contributed by atoms with Crippen molar-refractivity contribution in [2.45, 2.75) is 91.0 Å². The molecule has 0 N–H and O–H groups in total. The standard InChI is InChI=1S/C27H40O2/c1-17-10-14-27(28-16-17)18(2)24-23(29-27)15-22-20-9-8-19-7-5-6-12-25(19,3)21(20)11-13-26(22,24)4/h5,7-8,17-18,20-24H,6,9-16H2,1-4H3/t17-,18+,20-,21-,22-,23+,24+,25-,26+,27-/m0/s1. The molecule has 6 aliphatic rings. The third-order valence-electron chi connectivity index (χ3n) is 10.9. The van der Waals surface area contributed by atoms with Crippen LogP contribution in [0.3, 0.4) is 0 Å². The minimum atomic E-state index is -0.271. The molecule has 4 aliphatic carbocycles. The van der Waals surface area contributed by atoms with Crippen LogP contribution in [0.15, 0.2) is 23.8 Å². The highest BCUT2D eigenvalue weighted by Gasteiger charge is 2.68. The molecule has 0 bridgehead atoms. The summed E-state index contributed by atoms with van der Waals surface area (Å²) in [6.45, 7) is 10.9. The maximum atomic E-state index is 6.89. The molecular formula is C27H40O2. The predicted octanol–water partition coefficient (Wildman–Crippen LogP) is 6.52. The maximum Gasteiger partial charge on any atom is 0.171 e. The third kappa shape index (κ3) is 2.42. The summed E-state index contributed by atoms with van der Waals surface area (Å²) in [6.07, 6.45) is 18.3. The van der Waals surface area contributed by atoms with Crippen molar-refractivity contribution < 1.29 is 9.47 Å². The van der Waals surface area contributed by atoms with Crippen LogP contribution >= 0.6 is 0 Å². The molecule has 2 aliphatic heterocycles. The highest BCUT2D eigenvalue weighted by molar-refractivity contribution is 5.34. The van der Waals surface area contributed by atoms with E-state index in [-0.39, 0.29) is 5.79 Å². The van der Waals surface area contributed by atoms with E-state index in [0.29, 0.717) is 34.7 Å². The Balaban J connectivity index is 1.30. The first-order chi connectivity index (χ1) is 13.9. The summed E-state index contributed by atoms with van der Waals surface area (Å²) < 4.78 is 13.4. The van der Waals surface area contributed by atoms with Gasteiger partial charge in [0.15, 0.2) is 5.79 Å². The Morgan fingerprint density at radius 2 is 1.90 bits per heavy atom. The molecule has 6 rings (SSSR count). The second-order valence-corrected chi connectivity index (χ2v) is 12.1. The molecule has 160 valence electrons. The summed E-state index contributed by atoms with van der Waals surface area (Å²) in [5.74, 6) is 4.20. The van der Waals surface area contributed by atoms with Crippen LogP contribution < -0.4 is 0 Å². The zero-order valence-electron chi connectivity index (χ0n) is 19.0. The summed E-state index contributed by atoms with van der Waals surface area (Å²) in [5.41, 5.74) is 2.51. The molecule has 4 fully saturated rings. The van der Waals surface area contributed by atoms with E-state index in [9.17, 15) is 0 Å². The Hall–Kier alpha value is -0.600. The van der Waals surface area contributed by atoms with Gasteiger partial charge in [-0.3, -0.25) is 0 Å². The van der Waals surface area contributed by atoms with E-state index in [1.165, 1.54) is 44.9 Å². The molecule has 2 saturated carbocycles. The van der Waals surface area contributed by atoms with E-state index in [1.807, 2.05) is 0 Å². The van der Waals surface area contributed by atoms with Crippen molar-refractivity contribution in [2.24, 2.45) is 46.3 Å². The quantitative estimate of drug-likeness (QED) is 0.464. The van der Waals surface area contributed by atoms with Crippen molar-refractivity contribution in [2.75, 3.05) is 6.61 Å². The van der Waals surface area contributed by atoms with Gasteiger partial charge in [-0.25, -0.2) is 0 Å². The molecule has 29 heavy (non-hydrogen) atoms. The van der Waals surface area contributed by atoms with Crippen LogP contribution in [-0.4, -0.2) is 18.5 Å². The van der Waals surface area contributed by atoms with Crippen LogP contribution in [0.5, 0.6) is 0 Å². The van der Waals surface area contributed by atoms with Crippen molar-refractivity contribution in [3.05, 3.63) is 23.8 Å². The van der Waals surface area contributed by atoms with Gasteiger partial charge >= 0.3 is 0 Å². The summed E-state index contributed by atoms with van der Waals surface area (Å²) in [4.78, 5) is 0. The van der Waals surface area contributed by atoms with Crippen molar-refractivity contribution in [1.29, 1.82) is 0 Å². The molecule has 2 heterocycles. The Kier molecular flexibility index (Phi) is 4.10. The van der Waals surface area contributed by atoms with Gasteiger partial charge in [0.2, 0.25) is 0 Å². The largest absolute Gasteiger partial charge is 0.349 e. The fraction of sp³-hybridized carbons (Fsp3) is 0.852. The van der Waals surface area contributed by atoms with Crippen LogP contribution in [0.2, 0.25) is 0 Å². The topological polar surface area (TPSA) is 18.5 Å². The number of allylic oxidation sites excluding steroid dienone is 4. The van der Waals surface area contributed by atoms with Gasteiger partial charge < -0.3 is 9.47 Å². The van der Waals surface area contributed by atoms with Gasteiger partial charge in [0.25, 0.3) is 0 Å². The lowest BCUT2D eigenvalue weighted by molar-refractivity contribution is -0.272. The van der Waals surface area contributed by atoms with E-state index in [4.69, 9.17) is 9.47 Å². The molecule has 0 aromatic heterocycles. The molecule has 2 nitrogen and oxygen atoms in total. The molecule has 0 aromatic carbocycles. The zero-order valence-corrected chi connectivity index (χ0v) is 19.0. The Labute approximate surface area is 177 Å². The first-order valence-corrected chi connectivity index (χ1v) is 12.6. The number of hydrogen-bond donors (Lipinski definition) is 0. The summed E-state index contributed by atoms with van der Waals surface area (Å²) in [7, 11) is 0. The monoisotopic (exact) mass is 396 g/mol. The molecule has 10 atom stereocenters. The maximum absolute atomic E-state index is 6.89.